The SMILES string of the molecule is COc1c(F)cc(C(F)(F)F)cc1CNC(C)C. The molecular weight excluding hydrogens is 250 g/mol. The number of nitrogens with one attached hydrogen (secondary N) is 1. The molecule has 102 valence electrons. The summed E-state index contributed by atoms with van der Waals surface area (Å²) in [4.78, 5) is 0. The highest BCUT2D eigenvalue weighted by Crippen LogP contribution is 2.34. The molecule has 6 heteroatoms. The highest BCUT2D eigenvalue weighted by molar-refractivity contribution is 5.39. The van der Waals surface area contributed by atoms with Crippen molar-refractivity contribution >= 4 is 0 Å². The Morgan fingerprint density at radius 3 is 2.33 bits per heavy atom. The number of alkyl halides is 3. The van der Waals surface area contributed by atoms with E-state index < -0.39 is 17.6 Å². The molecule has 0 radical (unpaired) electrons. The Morgan fingerprint density at radius 1 is 1.28 bits per heavy atom. The van der Waals surface area contributed by atoms with Gasteiger partial charge in [0.2, 0.25) is 0 Å². The summed E-state index contributed by atoms with van der Waals surface area (Å²) >= 11 is 0. The van der Waals surface area contributed by atoms with Crippen LogP contribution in [-0.4, -0.2) is 13.2 Å². The fraction of sp³-hybridized carbons (Fsp3) is 0.500. The van der Waals surface area contributed by atoms with Crippen molar-refractivity contribution in [3.05, 3.63) is 29.1 Å². The van der Waals surface area contributed by atoms with Crippen LogP contribution in [0.5, 0.6) is 5.75 Å². The molecule has 0 fully saturated rings. The summed E-state index contributed by atoms with van der Waals surface area (Å²) in [5.41, 5.74) is -0.861. The molecule has 0 bridgehead atoms. The molecule has 2 nitrogen and oxygen atoms in total. The Bertz CT molecular complexity index is 415. The second kappa shape index (κ2) is 5.56. The van der Waals surface area contributed by atoms with Crippen molar-refractivity contribution in [2.75, 3.05) is 7.11 Å². The lowest BCUT2D eigenvalue weighted by Gasteiger charge is -2.15. The van der Waals surface area contributed by atoms with E-state index in [4.69, 9.17) is 4.74 Å². The van der Waals surface area contributed by atoms with E-state index in [2.05, 4.69) is 5.32 Å². The maximum absolute atomic E-state index is 13.5. The topological polar surface area (TPSA) is 21.3 Å². The highest BCUT2D eigenvalue weighted by atomic mass is 19.4. The molecule has 0 atom stereocenters. The normalized spacial score (nSPS) is 12.0. The van der Waals surface area contributed by atoms with E-state index in [1.165, 1.54) is 7.11 Å². The molecule has 18 heavy (non-hydrogen) atoms. The molecule has 0 heterocycles. The van der Waals surface area contributed by atoms with Gasteiger partial charge in [-0.1, -0.05) is 13.8 Å². The van der Waals surface area contributed by atoms with E-state index in [9.17, 15) is 17.6 Å². The van der Waals surface area contributed by atoms with Gasteiger partial charge in [0.1, 0.15) is 0 Å². The maximum Gasteiger partial charge on any atom is 0.416 e. The van der Waals surface area contributed by atoms with Gasteiger partial charge < -0.3 is 10.1 Å². The van der Waals surface area contributed by atoms with Crippen LogP contribution >= 0.6 is 0 Å². The maximum atomic E-state index is 13.5. The number of ether oxygens (including phenoxy) is 1. The van der Waals surface area contributed by atoms with Gasteiger partial charge in [0, 0.05) is 18.2 Å². The van der Waals surface area contributed by atoms with E-state index in [1.807, 2.05) is 13.8 Å². The van der Waals surface area contributed by atoms with Gasteiger partial charge in [-0.3, -0.25) is 0 Å². The predicted octanol–water partition coefficient (Wildman–Crippen LogP) is 3.35. The molecule has 0 aromatic heterocycles. The minimum absolute atomic E-state index is 0.0762. The Balaban J connectivity index is 3.15. The molecule has 1 aromatic rings. The highest BCUT2D eigenvalue weighted by Gasteiger charge is 2.32. The van der Waals surface area contributed by atoms with Crippen molar-refractivity contribution in [2.45, 2.75) is 32.6 Å². The first-order valence-electron chi connectivity index (χ1n) is 5.42. The second-order valence-electron chi connectivity index (χ2n) is 4.18. The Morgan fingerprint density at radius 2 is 1.89 bits per heavy atom. The van der Waals surface area contributed by atoms with Gasteiger partial charge in [-0.15, -0.1) is 0 Å². The van der Waals surface area contributed by atoms with Gasteiger partial charge >= 0.3 is 6.18 Å². The molecule has 0 aliphatic rings. The van der Waals surface area contributed by atoms with Crippen molar-refractivity contribution in [3.63, 3.8) is 0 Å². The van der Waals surface area contributed by atoms with Crippen molar-refractivity contribution < 1.29 is 22.3 Å². The van der Waals surface area contributed by atoms with Gasteiger partial charge in [-0.2, -0.15) is 13.2 Å². The van der Waals surface area contributed by atoms with E-state index >= 15 is 0 Å². The molecule has 1 aromatic carbocycles. The number of methoxy groups -OCH3 is 1. The van der Waals surface area contributed by atoms with E-state index in [-0.39, 0.29) is 23.9 Å². The summed E-state index contributed by atoms with van der Waals surface area (Å²) in [5.74, 6) is -1.16. The number of hydrogen-bond donors (Lipinski definition) is 1. The third kappa shape index (κ3) is 3.60. The molecule has 0 saturated heterocycles. The van der Waals surface area contributed by atoms with Crippen LogP contribution in [0.3, 0.4) is 0 Å². The van der Waals surface area contributed by atoms with Crippen LogP contribution in [0.15, 0.2) is 12.1 Å². The predicted molar refractivity (Wildman–Crippen MR) is 59.9 cm³/mol. The summed E-state index contributed by atoms with van der Waals surface area (Å²) in [6, 6.07) is 1.42. The number of rotatable bonds is 4. The molecular formula is C12H15F4NO. The molecule has 0 unspecified atom stereocenters. The zero-order valence-corrected chi connectivity index (χ0v) is 10.4. The summed E-state index contributed by atoms with van der Waals surface area (Å²) in [7, 11) is 1.23. The van der Waals surface area contributed by atoms with Crippen molar-refractivity contribution in [1.82, 2.24) is 5.32 Å². The van der Waals surface area contributed by atoms with Crippen LogP contribution in [-0.2, 0) is 12.7 Å². The van der Waals surface area contributed by atoms with Gasteiger partial charge in [0.25, 0.3) is 0 Å². The lowest BCUT2D eigenvalue weighted by Crippen LogP contribution is -2.22. The van der Waals surface area contributed by atoms with Crippen LogP contribution < -0.4 is 10.1 Å². The molecule has 0 saturated carbocycles. The van der Waals surface area contributed by atoms with Crippen LogP contribution in [0.2, 0.25) is 0 Å². The molecule has 0 spiro atoms. The third-order valence-electron chi connectivity index (χ3n) is 2.35. The third-order valence-corrected chi connectivity index (χ3v) is 2.35. The quantitative estimate of drug-likeness (QED) is 0.843. The molecule has 1 N–H and O–H groups in total. The smallest absolute Gasteiger partial charge is 0.416 e. The monoisotopic (exact) mass is 265 g/mol. The summed E-state index contributed by atoms with van der Waals surface area (Å²) in [6.07, 6.45) is -4.57. The summed E-state index contributed by atoms with van der Waals surface area (Å²) < 4.78 is 56.0. The molecule has 0 aliphatic heterocycles. The summed E-state index contributed by atoms with van der Waals surface area (Å²) in [6.45, 7) is 3.80. The van der Waals surface area contributed by atoms with E-state index in [0.717, 1.165) is 6.07 Å². The Kier molecular flexibility index (Phi) is 4.56. The van der Waals surface area contributed by atoms with Gasteiger partial charge in [0.05, 0.1) is 12.7 Å². The largest absolute Gasteiger partial charge is 0.493 e. The number of hydrogen-bond acceptors (Lipinski definition) is 2. The number of benzene rings is 1. The molecule has 0 amide bonds. The fourth-order valence-corrected chi connectivity index (χ4v) is 1.49. The fourth-order valence-electron chi connectivity index (χ4n) is 1.49. The van der Waals surface area contributed by atoms with Crippen LogP contribution in [0.4, 0.5) is 17.6 Å². The minimum Gasteiger partial charge on any atom is -0.493 e. The summed E-state index contributed by atoms with van der Waals surface area (Å²) in [5, 5.41) is 2.93. The Hall–Kier alpha value is -1.30. The van der Waals surface area contributed by atoms with Crippen LogP contribution in [0.1, 0.15) is 25.0 Å². The zero-order chi connectivity index (χ0) is 13.9. The number of halogens is 4. The molecule has 0 aliphatic carbocycles. The lowest BCUT2D eigenvalue weighted by molar-refractivity contribution is -0.137. The first kappa shape index (κ1) is 14.8. The first-order valence-corrected chi connectivity index (χ1v) is 5.42. The molecule has 1 rings (SSSR count). The first-order chi connectivity index (χ1) is 8.25. The van der Waals surface area contributed by atoms with Gasteiger partial charge in [-0.05, 0) is 12.1 Å². The van der Waals surface area contributed by atoms with Crippen LogP contribution in [0, 0.1) is 5.82 Å². The lowest BCUT2D eigenvalue weighted by atomic mass is 10.1. The average molecular weight is 265 g/mol. The second-order valence-corrected chi connectivity index (χ2v) is 4.18. The standard InChI is InChI=1S/C12H15F4NO/c1-7(2)17-6-8-4-9(12(14,15)16)5-10(13)11(8)18-3/h4-5,7,17H,6H2,1-3H3. The Labute approximate surface area is 103 Å². The van der Waals surface area contributed by atoms with E-state index in [0.29, 0.717) is 6.07 Å². The van der Waals surface area contributed by atoms with Crippen LogP contribution in [0.25, 0.3) is 0 Å². The van der Waals surface area contributed by atoms with Gasteiger partial charge in [0.15, 0.2) is 11.6 Å². The minimum atomic E-state index is -4.57. The average Bonchev–Trinajstić information content (AvgIpc) is 2.24. The van der Waals surface area contributed by atoms with E-state index in [1.54, 1.807) is 0 Å². The van der Waals surface area contributed by atoms with Crippen molar-refractivity contribution in [1.29, 1.82) is 0 Å². The van der Waals surface area contributed by atoms with Crippen molar-refractivity contribution in [2.24, 2.45) is 0 Å². The zero-order valence-electron chi connectivity index (χ0n) is 10.4. The van der Waals surface area contributed by atoms with Gasteiger partial charge in [-0.25, -0.2) is 4.39 Å². The van der Waals surface area contributed by atoms with Crippen molar-refractivity contribution in [3.8, 4) is 5.75 Å².